The maximum Gasteiger partial charge on any atom is 0.200 e. The highest BCUT2D eigenvalue weighted by Crippen LogP contribution is 2.38. The molecule has 0 heterocycles. The number of ether oxygens (including phenoxy) is 1. The van der Waals surface area contributed by atoms with E-state index in [9.17, 15) is 8.78 Å². The average molecular weight is 352 g/mol. The predicted octanol–water partition coefficient (Wildman–Crippen LogP) is 4.43. The van der Waals surface area contributed by atoms with Crippen molar-refractivity contribution in [2.75, 3.05) is 7.11 Å². The lowest BCUT2D eigenvalue weighted by Gasteiger charge is -2.26. The highest BCUT2D eigenvalue weighted by Gasteiger charge is 2.25. The van der Waals surface area contributed by atoms with Gasteiger partial charge in [0.2, 0.25) is 5.82 Å². The summed E-state index contributed by atoms with van der Waals surface area (Å²) in [6.45, 7) is 0. The number of hydrogen-bond donors (Lipinski definition) is 0. The van der Waals surface area contributed by atoms with Gasteiger partial charge in [-0.05, 0) is 43.2 Å². The van der Waals surface area contributed by atoms with E-state index in [0.717, 1.165) is 25.7 Å². The first kappa shape index (κ1) is 13.1. The molecule has 1 fully saturated rings. The second kappa shape index (κ2) is 5.50. The summed E-state index contributed by atoms with van der Waals surface area (Å²) in [6, 6.07) is 3.18. The third kappa shape index (κ3) is 2.72. The van der Waals surface area contributed by atoms with E-state index in [2.05, 4.69) is 22.6 Å². The SMILES string of the molecule is COc1ccc(C2CCC(I)CC2)c(F)c1F. The quantitative estimate of drug-likeness (QED) is 0.565. The van der Waals surface area contributed by atoms with Crippen LogP contribution >= 0.6 is 22.6 Å². The van der Waals surface area contributed by atoms with Crippen LogP contribution in [-0.4, -0.2) is 11.0 Å². The van der Waals surface area contributed by atoms with Gasteiger partial charge < -0.3 is 4.74 Å². The van der Waals surface area contributed by atoms with Gasteiger partial charge in [0.05, 0.1) is 7.11 Å². The highest BCUT2D eigenvalue weighted by molar-refractivity contribution is 14.1. The molecule has 0 bridgehead atoms. The van der Waals surface area contributed by atoms with Gasteiger partial charge in [-0.3, -0.25) is 0 Å². The molecule has 17 heavy (non-hydrogen) atoms. The Morgan fingerprint density at radius 3 is 2.35 bits per heavy atom. The normalized spacial score (nSPS) is 24.7. The molecule has 2 rings (SSSR count). The van der Waals surface area contributed by atoms with Crippen LogP contribution in [0.1, 0.15) is 37.2 Å². The topological polar surface area (TPSA) is 9.23 Å². The minimum Gasteiger partial charge on any atom is -0.494 e. The van der Waals surface area contributed by atoms with Crippen LogP contribution in [0.5, 0.6) is 5.75 Å². The van der Waals surface area contributed by atoms with Gasteiger partial charge in [-0.2, -0.15) is 4.39 Å². The van der Waals surface area contributed by atoms with E-state index in [-0.39, 0.29) is 11.7 Å². The van der Waals surface area contributed by atoms with Crippen molar-refractivity contribution in [2.24, 2.45) is 0 Å². The minimum atomic E-state index is -0.860. The van der Waals surface area contributed by atoms with Gasteiger partial charge in [0.15, 0.2) is 11.6 Å². The summed E-state index contributed by atoms with van der Waals surface area (Å²) in [5.74, 6) is -1.46. The lowest BCUT2D eigenvalue weighted by Crippen LogP contribution is -2.14. The van der Waals surface area contributed by atoms with Gasteiger partial charge in [0, 0.05) is 3.92 Å². The minimum absolute atomic E-state index is 0.0196. The molecule has 0 unspecified atom stereocenters. The van der Waals surface area contributed by atoms with Crippen LogP contribution in [0.15, 0.2) is 12.1 Å². The van der Waals surface area contributed by atoms with Gasteiger partial charge >= 0.3 is 0 Å². The molecule has 1 aliphatic rings. The Bertz CT molecular complexity index is 401. The molecule has 1 aromatic carbocycles. The molecule has 0 atom stereocenters. The molecule has 1 saturated carbocycles. The molecule has 1 aromatic rings. The van der Waals surface area contributed by atoms with Crippen LogP contribution in [0.3, 0.4) is 0 Å². The van der Waals surface area contributed by atoms with Crippen LogP contribution in [0.4, 0.5) is 8.78 Å². The molecular formula is C13H15F2IO. The third-order valence-corrected chi connectivity index (χ3v) is 4.64. The zero-order valence-corrected chi connectivity index (χ0v) is 11.8. The van der Waals surface area contributed by atoms with Crippen LogP contribution in [0.25, 0.3) is 0 Å². The molecule has 0 N–H and O–H groups in total. The van der Waals surface area contributed by atoms with E-state index in [4.69, 9.17) is 4.74 Å². The monoisotopic (exact) mass is 352 g/mol. The van der Waals surface area contributed by atoms with Gasteiger partial charge in [0.1, 0.15) is 0 Å². The Hall–Kier alpha value is -0.390. The van der Waals surface area contributed by atoms with E-state index >= 15 is 0 Å². The fourth-order valence-corrected chi connectivity index (χ4v) is 3.10. The van der Waals surface area contributed by atoms with Crippen molar-refractivity contribution in [3.05, 3.63) is 29.3 Å². The highest BCUT2D eigenvalue weighted by atomic mass is 127. The number of alkyl halides is 1. The standard InChI is InChI=1S/C13H15F2IO/c1-17-11-7-6-10(12(14)13(11)15)8-2-4-9(16)5-3-8/h6-9H,2-5H2,1H3. The maximum absolute atomic E-state index is 13.9. The lowest BCUT2D eigenvalue weighted by atomic mass is 9.84. The first-order valence-electron chi connectivity index (χ1n) is 5.79. The molecule has 1 aliphatic carbocycles. The van der Waals surface area contributed by atoms with Gasteiger partial charge in [-0.25, -0.2) is 4.39 Å². The smallest absolute Gasteiger partial charge is 0.200 e. The summed E-state index contributed by atoms with van der Waals surface area (Å²) in [7, 11) is 1.35. The molecule has 0 radical (unpaired) electrons. The van der Waals surface area contributed by atoms with Crippen molar-refractivity contribution in [1.82, 2.24) is 0 Å². The van der Waals surface area contributed by atoms with Crippen molar-refractivity contribution in [1.29, 1.82) is 0 Å². The third-order valence-electron chi connectivity index (χ3n) is 3.39. The van der Waals surface area contributed by atoms with E-state index in [0.29, 0.717) is 9.49 Å². The first-order chi connectivity index (χ1) is 8.13. The summed E-state index contributed by atoms with van der Waals surface area (Å²) in [4.78, 5) is 0. The molecule has 4 heteroatoms. The summed E-state index contributed by atoms with van der Waals surface area (Å²) in [6.07, 6.45) is 4.04. The maximum atomic E-state index is 13.9. The number of halogens is 3. The van der Waals surface area contributed by atoms with Crippen molar-refractivity contribution >= 4 is 22.6 Å². The largest absolute Gasteiger partial charge is 0.494 e. The van der Waals surface area contributed by atoms with Gasteiger partial charge in [-0.15, -0.1) is 0 Å². The van der Waals surface area contributed by atoms with Crippen molar-refractivity contribution in [3.63, 3.8) is 0 Å². The van der Waals surface area contributed by atoms with Crippen LogP contribution in [0.2, 0.25) is 0 Å². The average Bonchev–Trinajstić information content (AvgIpc) is 2.34. The van der Waals surface area contributed by atoms with Crippen molar-refractivity contribution in [3.8, 4) is 5.75 Å². The summed E-state index contributed by atoms with van der Waals surface area (Å²) >= 11 is 2.42. The van der Waals surface area contributed by atoms with Gasteiger partial charge in [0.25, 0.3) is 0 Å². The molecule has 0 aliphatic heterocycles. The van der Waals surface area contributed by atoms with Crippen LogP contribution in [0, 0.1) is 11.6 Å². The zero-order valence-electron chi connectivity index (χ0n) is 9.68. The Labute approximate surface area is 114 Å². The molecular weight excluding hydrogens is 337 g/mol. The van der Waals surface area contributed by atoms with Crippen molar-refractivity contribution in [2.45, 2.75) is 35.5 Å². The van der Waals surface area contributed by atoms with E-state index in [1.165, 1.54) is 13.2 Å². The Morgan fingerprint density at radius 1 is 1.12 bits per heavy atom. The predicted molar refractivity (Wildman–Crippen MR) is 71.9 cm³/mol. The van der Waals surface area contributed by atoms with E-state index in [1.807, 2.05) is 0 Å². The summed E-state index contributed by atoms with van der Waals surface area (Å²) in [5, 5.41) is 0. The molecule has 0 aromatic heterocycles. The molecule has 0 spiro atoms. The molecule has 0 amide bonds. The van der Waals surface area contributed by atoms with Crippen LogP contribution < -0.4 is 4.74 Å². The zero-order chi connectivity index (χ0) is 12.4. The second-order valence-electron chi connectivity index (χ2n) is 4.43. The molecule has 1 nitrogen and oxygen atoms in total. The number of benzene rings is 1. The van der Waals surface area contributed by atoms with Crippen LogP contribution in [-0.2, 0) is 0 Å². The fourth-order valence-electron chi connectivity index (χ4n) is 2.38. The lowest BCUT2D eigenvalue weighted by molar-refractivity contribution is 0.364. The van der Waals surface area contributed by atoms with Gasteiger partial charge in [-0.1, -0.05) is 28.7 Å². The van der Waals surface area contributed by atoms with E-state index < -0.39 is 11.6 Å². The summed E-state index contributed by atoms with van der Waals surface area (Å²) < 4.78 is 32.9. The fraction of sp³-hybridized carbons (Fsp3) is 0.538. The molecule has 94 valence electrons. The molecule has 0 saturated heterocycles. The first-order valence-corrected chi connectivity index (χ1v) is 7.04. The number of methoxy groups -OCH3 is 1. The number of rotatable bonds is 2. The van der Waals surface area contributed by atoms with E-state index in [1.54, 1.807) is 6.07 Å². The Balaban J connectivity index is 2.24. The summed E-state index contributed by atoms with van der Waals surface area (Å²) in [5.41, 5.74) is 0.506. The Morgan fingerprint density at radius 2 is 1.76 bits per heavy atom. The number of hydrogen-bond acceptors (Lipinski definition) is 1. The Kier molecular flexibility index (Phi) is 4.22. The van der Waals surface area contributed by atoms with Crippen molar-refractivity contribution < 1.29 is 13.5 Å². The second-order valence-corrected chi connectivity index (χ2v) is 6.20.